The molecule has 0 radical (unpaired) electrons. The van der Waals surface area contributed by atoms with E-state index in [0.29, 0.717) is 38.3 Å². The number of likely N-dealkylation sites (tertiary alicyclic amines) is 1. The van der Waals surface area contributed by atoms with Gasteiger partial charge in [-0.3, -0.25) is 9.59 Å². The normalized spacial score (nSPS) is 16.5. The average Bonchev–Trinajstić information content (AvgIpc) is 2.77. The number of nitrogens with two attached hydrogens (primary N) is 1. The first-order chi connectivity index (χ1) is 14.1. The standard InChI is InChI=1S/C24H31N3O2/c1-19-9-11-21(12-10-19)23(28)27-15-5-8-22(18-27)24(29)26(17-14-25)16-13-20-6-3-2-4-7-20/h2-4,6-7,9-12,22H,5,8,13-18,25H2,1H3. The lowest BCUT2D eigenvalue weighted by molar-refractivity contribution is -0.136. The zero-order valence-electron chi connectivity index (χ0n) is 17.2. The van der Waals surface area contributed by atoms with E-state index in [9.17, 15) is 9.59 Å². The molecule has 0 saturated carbocycles. The van der Waals surface area contributed by atoms with Crippen LogP contribution in [0, 0.1) is 12.8 Å². The van der Waals surface area contributed by atoms with Crippen LogP contribution in [0.3, 0.4) is 0 Å². The summed E-state index contributed by atoms with van der Waals surface area (Å²) in [5.74, 6) is -0.0228. The molecular weight excluding hydrogens is 362 g/mol. The number of carbonyl (C=O) groups excluding carboxylic acids is 2. The lowest BCUT2D eigenvalue weighted by atomic mass is 9.95. The van der Waals surface area contributed by atoms with E-state index < -0.39 is 0 Å². The minimum Gasteiger partial charge on any atom is -0.341 e. The van der Waals surface area contributed by atoms with Crippen molar-refractivity contribution in [2.75, 3.05) is 32.7 Å². The molecule has 1 fully saturated rings. The zero-order chi connectivity index (χ0) is 20.6. The molecule has 3 rings (SSSR count). The highest BCUT2D eigenvalue weighted by atomic mass is 16.2. The largest absolute Gasteiger partial charge is 0.341 e. The van der Waals surface area contributed by atoms with Crippen LogP contribution in [0.4, 0.5) is 0 Å². The van der Waals surface area contributed by atoms with Gasteiger partial charge in [0, 0.05) is 38.3 Å². The molecule has 0 spiro atoms. The van der Waals surface area contributed by atoms with Crippen LogP contribution in [0.15, 0.2) is 54.6 Å². The van der Waals surface area contributed by atoms with Gasteiger partial charge < -0.3 is 15.5 Å². The predicted molar refractivity (Wildman–Crippen MR) is 116 cm³/mol. The van der Waals surface area contributed by atoms with Crippen molar-refractivity contribution in [2.45, 2.75) is 26.2 Å². The van der Waals surface area contributed by atoms with E-state index in [0.717, 1.165) is 24.8 Å². The number of amides is 2. The highest BCUT2D eigenvalue weighted by Crippen LogP contribution is 2.21. The van der Waals surface area contributed by atoms with Crippen LogP contribution in [0.2, 0.25) is 0 Å². The van der Waals surface area contributed by atoms with Crippen LogP contribution in [0.1, 0.15) is 34.3 Å². The van der Waals surface area contributed by atoms with Gasteiger partial charge in [-0.25, -0.2) is 0 Å². The smallest absolute Gasteiger partial charge is 0.253 e. The molecule has 29 heavy (non-hydrogen) atoms. The highest BCUT2D eigenvalue weighted by molar-refractivity contribution is 5.94. The van der Waals surface area contributed by atoms with E-state index in [4.69, 9.17) is 5.73 Å². The Kier molecular flexibility index (Phi) is 7.42. The van der Waals surface area contributed by atoms with Crippen LogP contribution in [0.25, 0.3) is 0 Å². The lowest BCUT2D eigenvalue weighted by Crippen LogP contribution is -2.48. The molecule has 1 aliphatic rings. The fourth-order valence-corrected chi connectivity index (χ4v) is 3.90. The van der Waals surface area contributed by atoms with Crippen molar-refractivity contribution in [2.24, 2.45) is 11.7 Å². The van der Waals surface area contributed by atoms with Gasteiger partial charge in [-0.1, -0.05) is 48.0 Å². The van der Waals surface area contributed by atoms with Crippen molar-refractivity contribution in [3.8, 4) is 0 Å². The molecular formula is C24H31N3O2. The summed E-state index contributed by atoms with van der Waals surface area (Å²) >= 11 is 0. The number of aryl methyl sites for hydroxylation is 1. The average molecular weight is 394 g/mol. The predicted octanol–water partition coefficient (Wildman–Crippen LogP) is 2.88. The second-order valence-electron chi connectivity index (χ2n) is 7.81. The van der Waals surface area contributed by atoms with Crippen molar-refractivity contribution < 1.29 is 9.59 Å². The van der Waals surface area contributed by atoms with E-state index >= 15 is 0 Å². The summed E-state index contributed by atoms with van der Waals surface area (Å²) in [7, 11) is 0. The van der Waals surface area contributed by atoms with Gasteiger partial charge in [-0.15, -0.1) is 0 Å². The Balaban J connectivity index is 1.63. The summed E-state index contributed by atoms with van der Waals surface area (Å²) < 4.78 is 0. The fraction of sp³-hybridized carbons (Fsp3) is 0.417. The van der Waals surface area contributed by atoms with Gasteiger partial charge >= 0.3 is 0 Å². The van der Waals surface area contributed by atoms with E-state index in [2.05, 4.69) is 12.1 Å². The van der Waals surface area contributed by atoms with Crippen molar-refractivity contribution in [1.82, 2.24) is 9.80 Å². The molecule has 1 atom stereocenters. The van der Waals surface area contributed by atoms with Crippen LogP contribution < -0.4 is 5.73 Å². The second kappa shape index (κ2) is 10.2. The molecule has 0 bridgehead atoms. The highest BCUT2D eigenvalue weighted by Gasteiger charge is 2.31. The maximum absolute atomic E-state index is 13.2. The second-order valence-corrected chi connectivity index (χ2v) is 7.81. The molecule has 1 unspecified atom stereocenters. The third-order valence-corrected chi connectivity index (χ3v) is 5.58. The van der Waals surface area contributed by atoms with Crippen molar-refractivity contribution >= 4 is 11.8 Å². The summed E-state index contributed by atoms with van der Waals surface area (Å²) in [6.07, 6.45) is 2.48. The Morgan fingerprint density at radius 1 is 1.07 bits per heavy atom. The third-order valence-electron chi connectivity index (χ3n) is 5.58. The minimum absolute atomic E-state index is 0.0113. The molecule has 2 amide bonds. The minimum atomic E-state index is -0.152. The Hall–Kier alpha value is -2.66. The Morgan fingerprint density at radius 3 is 2.48 bits per heavy atom. The molecule has 5 nitrogen and oxygen atoms in total. The quantitative estimate of drug-likeness (QED) is 0.787. The Bertz CT molecular complexity index is 805. The molecule has 1 saturated heterocycles. The van der Waals surface area contributed by atoms with Gasteiger partial charge in [0.25, 0.3) is 5.91 Å². The number of rotatable bonds is 7. The molecule has 154 valence electrons. The van der Waals surface area contributed by atoms with Crippen LogP contribution in [0.5, 0.6) is 0 Å². The van der Waals surface area contributed by atoms with Crippen molar-refractivity contribution in [3.05, 3.63) is 71.3 Å². The van der Waals surface area contributed by atoms with E-state index in [1.54, 1.807) is 0 Å². The maximum atomic E-state index is 13.2. The topological polar surface area (TPSA) is 66.6 Å². The Labute approximate surface area is 173 Å². The maximum Gasteiger partial charge on any atom is 0.253 e. The van der Waals surface area contributed by atoms with E-state index in [-0.39, 0.29) is 17.7 Å². The van der Waals surface area contributed by atoms with E-state index in [1.165, 1.54) is 5.56 Å². The number of benzene rings is 2. The molecule has 2 aromatic rings. The van der Waals surface area contributed by atoms with Crippen LogP contribution in [-0.4, -0.2) is 54.3 Å². The van der Waals surface area contributed by atoms with Crippen molar-refractivity contribution in [3.63, 3.8) is 0 Å². The summed E-state index contributed by atoms with van der Waals surface area (Å²) in [5.41, 5.74) is 8.80. The van der Waals surface area contributed by atoms with Gasteiger partial charge in [0.05, 0.1) is 5.92 Å². The summed E-state index contributed by atoms with van der Waals surface area (Å²) in [6.45, 7) is 4.84. The number of hydrogen-bond acceptors (Lipinski definition) is 3. The van der Waals surface area contributed by atoms with Crippen molar-refractivity contribution in [1.29, 1.82) is 0 Å². The molecule has 5 heteroatoms. The summed E-state index contributed by atoms with van der Waals surface area (Å²) in [4.78, 5) is 29.8. The van der Waals surface area contributed by atoms with Gasteiger partial charge in [-0.2, -0.15) is 0 Å². The van der Waals surface area contributed by atoms with E-state index in [1.807, 2.05) is 59.2 Å². The first kappa shape index (κ1) is 21.1. The first-order valence-electron chi connectivity index (χ1n) is 10.5. The number of nitrogens with zero attached hydrogens (tertiary/aromatic N) is 2. The van der Waals surface area contributed by atoms with Gasteiger partial charge in [-0.05, 0) is 43.9 Å². The molecule has 0 aromatic heterocycles. The molecule has 1 aliphatic heterocycles. The Morgan fingerprint density at radius 2 is 1.79 bits per heavy atom. The molecule has 1 heterocycles. The lowest BCUT2D eigenvalue weighted by Gasteiger charge is -2.35. The molecule has 2 N–H and O–H groups in total. The van der Waals surface area contributed by atoms with Crippen LogP contribution >= 0.6 is 0 Å². The summed E-state index contributed by atoms with van der Waals surface area (Å²) in [6, 6.07) is 17.8. The number of hydrogen-bond donors (Lipinski definition) is 1. The van der Waals surface area contributed by atoms with Gasteiger partial charge in [0.1, 0.15) is 0 Å². The van der Waals surface area contributed by atoms with Crippen LogP contribution in [-0.2, 0) is 11.2 Å². The zero-order valence-corrected chi connectivity index (χ0v) is 17.2. The molecule has 2 aromatic carbocycles. The number of piperidine rings is 1. The molecule has 0 aliphatic carbocycles. The first-order valence-corrected chi connectivity index (χ1v) is 10.5. The monoisotopic (exact) mass is 393 g/mol. The SMILES string of the molecule is Cc1ccc(C(=O)N2CCCC(C(=O)N(CCN)CCc3ccccc3)C2)cc1. The van der Waals surface area contributed by atoms with Gasteiger partial charge in [0.15, 0.2) is 0 Å². The fourth-order valence-electron chi connectivity index (χ4n) is 3.90. The number of carbonyl (C=O) groups is 2. The summed E-state index contributed by atoms with van der Waals surface area (Å²) in [5, 5.41) is 0. The van der Waals surface area contributed by atoms with Gasteiger partial charge in [0.2, 0.25) is 5.91 Å². The third kappa shape index (κ3) is 5.67.